The number of cyclic esters (lactones) is 1. The number of rotatable bonds is 3. The molecular formula is C20H26N2O3. The maximum absolute atomic E-state index is 12.7. The van der Waals surface area contributed by atoms with Crippen LogP contribution in [0.2, 0.25) is 0 Å². The molecule has 0 radical (unpaired) electrons. The molecule has 2 heterocycles. The van der Waals surface area contributed by atoms with Crippen molar-refractivity contribution in [2.75, 3.05) is 19.7 Å². The number of nitrogens with zero attached hydrogens (tertiary/aromatic N) is 1. The van der Waals surface area contributed by atoms with Crippen molar-refractivity contribution in [2.24, 2.45) is 5.92 Å². The smallest absolute Gasteiger partial charge is 0.407 e. The number of hydrogen-bond donors (Lipinski definition) is 1. The molecule has 134 valence electrons. The molecule has 1 aliphatic carbocycles. The van der Waals surface area contributed by atoms with Gasteiger partial charge in [-0.1, -0.05) is 31.2 Å². The van der Waals surface area contributed by atoms with Crippen LogP contribution in [0.25, 0.3) is 0 Å². The summed E-state index contributed by atoms with van der Waals surface area (Å²) in [7, 11) is 0. The standard InChI is InChI=1S/C20H26N2O3/c1-2-14-3-5-15(6-4-14)16-7-9-22(10-8-16)18(23)17-11-20(12-17)13-25-19(24)21-20/h3-6,16-17H,2,7-13H2,1H3,(H,21,24)/t17-,20+. The van der Waals surface area contributed by atoms with Gasteiger partial charge in [0.05, 0.1) is 5.54 Å². The van der Waals surface area contributed by atoms with Gasteiger partial charge in [0.1, 0.15) is 6.61 Å². The molecule has 2 aliphatic heterocycles. The molecule has 0 bridgehead atoms. The quantitative estimate of drug-likeness (QED) is 0.919. The number of ether oxygens (including phenoxy) is 1. The van der Waals surface area contributed by atoms with Crippen molar-refractivity contribution in [1.29, 1.82) is 0 Å². The van der Waals surface area contributed by atoms with E-state index in [1.807, 2.05) is 4.90 Å². The normalized spacial score (nSPS) is 29.2. The second kappa shape index (κ2) is 6.36. The number of amides is 2. The predicted molar refractivity (Wildman–Crippen MR) is 94.3 cm³/mol. The number of piperidine rings is 1. The molecule has 1 aromatic carbocycles. The lowest BCUT2D eigenvalue weighted by Crippen LogP contribution is -2.58. The maximum Gasteiger partial charge on any atom is 0.407 e. The Kier molecular flexibility index (Phi) is 4.18. The molecular weight excluding hydrogens is 316 g/mol. The van der Waals surface area contributed by atoms with E-state index in [9.17, 15) is 9.59 Å². The van der Waals surface area contributed by atoms with E-state index >= 15 is 0 Å². The van der Waals surface area contributed by atoms with E-state index in [0.717, 1.165) is 45.2 Å². The SMILES string of the molecule is CCc1ccc(C2CCN(C(=O)[C@H]3C[C@]4(COC(=O)N4)C3)CC2)cc1. The minimum absolute atomic E-state index is 0.0439. The van der Waals surface area contributed by atoms with E-state index in [-0.39, 0.29) is 23.5 Å². The number of alkyl carbamates (subject to hydrolysis) is 1. The molecule has 2 saturated heterocycles. The van der Waals surface area contributed by atoms with Crippen molar-refractivity contribution in [3.63, 3.8) is 0 Å². The third kappa shape index (κ3) is 3.12. The first-order valence-electron chi connectivity index (χ1n) is 9.41. The zero-order chi connectivity index (χ0) is 17.4. The van der Waals surface area contributed by atoms with Gasteiger partial charge in [0.25, 0.3) is 0 Å². The van der Waals surface area contributed by atoms with Crippen molar-refractivity contribution in [2.45, 2.75) is 50.5 Å². The van der Waals surface area contributed by atoms with Crippen LogP contribution in [-0.2, 0) is 16.0 Å². The van der Waals surface area contributed by atoms with E-state index in [0.29, 0.717) is 12.5 Å². The largest absolute Gasteiger partial charge is 0.447 e. The van der Waals surface area contributed by atoms with Crippen LogP contribution in [0, 0.1) is 5.92 Å². The van der Waals surface area contributed by atoms with Crippen LogP contribution in [-0.4, -0.2) is 42.1 Å². The highest BCUT2D eigenvalue weighted by Crippen LogP contribution is 2.42. The summed E-state index contributed by atoms with van der Waals surface area (Å²) in [5.41, 5.74) is 2.51. The minimum atomic E-state index is -0.346. The minimum Gasteiger partial charge on any atom is -0.447 e. The average Bonchev–Trinajstić information content (AvgIpc) is 3.02. The van der Waals surface area contributed by atoms with E-state index in [1.54, 1.807) is 0 Å². The van der Waals surface area contributed by atoms with Crippen molar-refractivity contribution in [1.82, 2.24) is 10.2 Å². The number of carbonyl (C=O) groups is 2. The number of benzene rings is 1. The highest BCUT2D eigenvalue weighted by atomic mass is 16.6. The van der Waals surface area contributed by atoms with Crippen LogP contribution < -0.4 is 5.32 Å². The van der Waals surface area contributed by atoms with Crippen molar-refractivity contribution in [3.8, 4) is 0 Å². The number of nitrogens with one attached hydrogen (secondary N) is 1. The Morgan fingerprint density at radius 2 is 1.92 bits per heavy atom. The molecule has 2 amide bonds. The molecule has 5 heteroatoms. The van der Waals surface area contributed by atoms with Gasteiger partial charge >= 0.3 is 6.09 Å². The zero-order valence-electron chi connectivity index (χ0n) is 14.8. The highest BCUT2D eigenvalue weighted by Gasteiger charge is 2.53. The van der Waals surface area contributed by atoms with Gasteiger partial charge in [0, 0.05) is 19.0 Å². The summed E-state index contributed by atoms with van der Waals surface area (Å²) in [6.45, 7) is 4.26. The van der Waals surface area contributed by atoms with E-state index < -0.39 is 0 Å². The Balaban J connectivity index is 1.28. The van der Waals surface area contributed by atoms with Gasteiger partial charge in [-0.3, -0.25) is 4.79 Å². The molecule has 0 atom stereocenters. The number of aryl methyl sites for hydroxylation is 1. The molecule has 1 N–H and O–H groups in total. The van der Waals surface area contributed by atoms with E-state index in [4.69, 9.17) is 4.74 Å². The third-order valence-electron chi connectivity index (χ3n) is 6.14. The lowest BCUT2D eigenvalue weighted by atomic mass is 9.68. The summed E-state index contributed by atoms with van der Waals surface area (Å²) in [5, 5.41) is 2.86. The predicted octanol–water partition coefficient (Wildman–Crippen LogP) is 2.84. The summed E-state index contributed by atoms with van der Waals surface area (Å²) in [4.78, 5) is 25.9. The van der Waals surface area contributed by atoms with Crippen LogP contribution in [0.15, 0.2) is 24.3 Å². The van der Waals surface area contributed by atoms with Crippen molar-refractivity contribution < 1.29 is 14.3 Å². The summed E-state index contributed by atoms with van der Waals surface area (Å²) in [6, 6.07) is 8.94. The lowest BCUT2D eigenvalue weighted by molar-refractivity contribution is -0.142. The number of likely N-dealkylation sites (tertiary alicyclic amines) is 1. The van der Waals surface area contributed by atoms with Gasteiger partial charge in [-0.2, -0.15) is 0 Å². The molecule has 0 aromatic heterocycles. The summed E-state index contributed by atoms with van der Waals surface area (Å²) in [6.07, 6.45) is 4.23. The van der Waals surface area contributed by atoms with E-state index in [1.165, 1.54) is 11.1 Å². The van der Waals surface area contributed by atoms with Gasteiger partial charge in [0.2, 0.25) is 5.91 Å². The van der Waals surface area contributed by atoms with Crippen molar-refractivity contribution in [3.05, 3.63) is 35.4 Å². The van der Waals surface area contributed by atoms with Crippen LogP contribution in [0.3, 0.4) is 0 Å². The van der Waals surface area contributed by atoms with E-state index in [2.05, 4.69) is 36.5 Å². The third-order valence-corrected chi connectivity index (χ3v) is 6.14. The Labute approximate surface area is 148 Å². The molecule has 1 spiro atoms. The zero-order valence-corrected chi connectivity index (χ0v) is 14.8. The Morgan fingerprint density at radius 1 is 1.24 bits per heavy atom. The summed E-state index contributed by atoms with van der Waals surface area (Å²) >= 11 is 0. The first-order chi connectivity index (χ1) is 12.1. The first kappa shape index (κ1) is 16.4. The number of hydrogen-bond acceptors (Lipinski definition) is 3. The van der Waals surface area contributed by atoms with Crippen LogP contribution in [0.5, 0.6) is 0 Å². The highest BCUT2D eigenvalue weighted by molar-refractivity contribution is 5.81. The van der Waals surface area contributed by atoms with Crippen molar-refractivity contribution >= 4 is 12.0 Å². The Morgan fingerprint density at radius 3 is 2.48 bits per heavy atom. The Hall–Kier alpha value is -2.04. The molecule has 3 aliphatic rings. The monoisotopic (exact) mass is 342 g/mol. The average molecular weight is 342 g/mol. The summed E-state index contributed by atoms with van der Waals surface area (Å²) in [5.74, 6) is 0.860. The maximum atomic E-state index is 12.7. The molecule has 25 heavy (non-hydrogen) atoms. The molecule has 0 unspecified atom stereocenters. The fourth-order valence-corrected chi connectivity index (χ4v) is 4.49. The fraction of sp³-hybridized carbons (Fsp3) is 0.600. The van der Waals surface area contributed by atoms with Crippen LogP contribution in [0.1, 0.15) is 49.7 Å². The second-order valence-electron chi connectivity index (χ2n) is 7.78. The van der Waals surface area contributed by atoms with Gasteiger partial charge in [-0.05, 0) is 49.1 Å². The fourth-order valence-electron chi connectivity index (χ4n) is 4.49. The molecule has 5 nitrogen and oxygen atoms in total. The first-order valence-corrected chi connectivity index (χ1v) is 9.41. The Bertz CT molecular complexity index is 656. The summed E-state index contributed by atoms with van der Waals surface area (Å²) < 4.78 is 4.99. The van der Waals surface area contributed by atoms with Gasteiger partial charge in [-0.15, -0.1) is 0 Å². The molecule has 1 aromatic rings. The molecule has 1 saturated carbocycles. The van der Waals surface area contributed by atoms with Gasteiger partial charge < -0.3 is 15.0 Å². The van der Waals surface area contributed by atoms with Crippen LogP contribution in [0.4, 0.5) is 4.79 Å². The van der Waals surface area contributed by atoms with Gasteiger partial charge in [0.15, 0.2) is 0 Å². The number of carbonyl (C=O) groups excluding carboxylic acids is 2. The second-order valence-corrected chi connectivity index (χ2v) is 7.78. The topological polar surface area (TPSA) is 58.6 Å². The lowest BCUT2D eigenvalue weighted by Gasteiger charge is -2.45. The van der Waals surface area contributed by atoms with Crippen LogP contribution >= 0.6 is 0 Å². The molecule has 4 rings (SSSR count). The van der Waals surface area contributed by atoms with Gasteiger partial charge in [-0.25, -0.2) is 4.79 Å². The molecule has 3 fully saturated rings.